The number of aromatic nitrogens is 2. The van der Waals surface area contributed by atoms with Crippen LogP contribution in [0.3, 0.4) is 0 Å². The number of ether oxygens (including phenoxy) is 1. The van der Waals surface area contributed by atoms with Crippen LogP contribution in [-0.4, -0.2) is 34.1 Å². The number of nitrogens with zero attached hydrogens (tertiary/aromatic N) is 3. The van der Waals surface area contributed by atoms with E-state index in [1.54, 1.807) is 0 Å². The van der Waals surface area contributed by atoms with Crippen molar-refractivity contribution in [1.82, 2.24) is 15.0 Å². The molecule has 2 aliphatic rings. The SMILES string of the molecule is CCOCc1nc(C2CCCN2C(=O)C2CCCC2)no1. The van der Waals surface area contributed by atoms with Crippen molar-refractivity contribution < 1.29 is 14.1 Å². The van der Waals surface area contributed by atoms with Gasteiger partial charge in [0.2, 0.25) is 5.91 Å². The second-order valence-electron chi connectivity index (χ2n) is 5.85. The molecule has 1 unspecified atom stereocenters. The van der Waals surface area contributed by atoms with E-state index in [9.17, 15) is 4.79 Å². The molecular formula is C15H23N3O3. The zero-order chi connectivity index (χ0) is 14.7. The zero-order valence-corrected chi connectivity index (χ0v) is 12.6. The Morgan fingerprint density at radius 3 is 2.90 bits per heavy atom. The molecule has 2 fully saturated rings. The molecule has 116 valence electrons. The molecule has 1 aromatic heterocycles. The van der Waals surface area contributed by atoms with Gasteiger partial charge in [-0.1, -0.05) is 18.0 Å². The van der Waals surface area contributed by atoms with Crippen LogP contribution in [0.4, 0.5) is 0 Å². The Kier molecular flexibility index (Phi) is 4.53. The summed E-state index contributed by atoms with van der Waals surface area (Å²) in [6, 6.07) is -0.0165. The highest BCUT2D eigenvalue weighted by atomic mass is 16.5. The third kappa shape index (κ3) is 3.10. The maximum absolute atomic E-state index is 12.6. The lowest BCUT2D eigenvalue weighted by atomic mass is 10.1. The molecule has 21 heavy (non-hydrogen) atoms. The Labute approximate surface area is 124 Å². The minimum Gasteiger partial charge on any atom is -0.372 e. The standard InChI is InChI=1S/C15H23N3O3/c1-2-20-10-13-16-14(17-21-13)12-8-5-9-18(12)15(19)11-6-3-4-7-11/h11-12H,2-10H2,1H3. The van der Waals surface area contributed by atoms with Gasteiger partial charge in [0.05, 0.1) is 6.04 Å². The van der Waals surface area contributed by atoms with Gasteiger partial charge in [-0.15, -0.1) is 0 Å². The highest BCUT2D eigenvalue weighted by Crippen LogP contribution is 2.35. The fraction of sp³-hybridized carbons (Fsp3) is 0.800. The van der Waals surface area contributed by atoms with E-state index in [1.807, 2.05) is 11.8 Å². The number of carbonyl (C=O) groups is 1. The van der Waals surface area contributed by atoms with Crippen LogP contribution in [0.25, 0.3) is 0 Å². The topological polar surface area (TPSA) is 68.5 Å². The predicted molar refractivity (Wildman–Crippen MR) is 75.3 cm³/mol. The number of hydrogen-bond acceptors (Lipinski definition) is 5. The van der Waals surface area contributed by atoms with Crippen LogP contribution < -0.4 is 0 Å². The third-order valence-electron chi connectivity index (χ3n) is 4.45. The molecule has 1 aromatic rings. The fourth-order valence-corrected chi connectivity index (χ4v) is 3.36. The van der Waals surface area contributed by atoms with Crippen molar-refractivity contribution in [3.63, 3.8) is 0 Å². The van der Waals surface area contributed by atoms with Crippen LogP contribution in [0, 0.1) is 5.92 Å². The van der Waals surface area contributed by atoms with E-state index in [4.69, 9.17) is 9.26 Å². The van der Waals surface area contributed by atoms with E-state index in [0.29, 0.717) is 24.9 Å². The largest absolute Gasteiger partial charge is 0.372 e. The number of rotatable bonds is 5. The normalized spacial score (nSPS) is 23.1. The minimum absolute atomic E-state index is 0.0165. The summed E-state index contributed by atoms with van der Waals surface area (Å²) in [4.78, 5) is 19.0. The first kappa shape index (κ1) is 14.5. The Hall–Kier alpha value is -1.43. The number of amides is 1. The van der Waals surface area contributed by atoms with Crippen molar-refractivity contribution in [3.8, 4) is 0 Å². The summed E-state index contributed by atoms with van der Waals surface area (Å²) in [5.74, 6) is 1.62. The molecule has 1 saturated carbocycles. The lowest BCUT2D eigenvalue weighted by molar-refractivity contribution is -0.136. The van der Waals surface area contributed by atoms with Gasteiger partial charge < -0.3 is 14.2 Å². The van der Waals surface area contributed by atoms with E-state index < -0.39 is 0 Å². The van der Waals surface area contributed by atoms with E-state index >= 15 is 0 Å². The van der Waals surface area contributed by atoms with Crippen LogP contribution >= 0.6 is 0 Å². The molecule has 1 aliphatic heterocycles. The first-order valence-electron chi connectivity index (χ1n) is 8.00. The summed E-state index contributed by atoms with van der Waals surface area (Å²) in [7, 11) is 0. The van der Waals surface area contributed by atoms with Crippen molar-refractivity contribution in [2.24, 2.45) is 5.92 Å². The molecule has 1 atom stereocenters. The third-order valence-corrected chi connectivity index (χ3v) is 4.45. The molecule has 1 aliphatic carbocycles. The van der Waals surface area contributed by atoms with Crippen molar-refractivity contribution in [3.05, 3.63) is 11.7 Å². The Morgan fingerprint density at radius 2 is 2.14 bits per heavy atom. The molecule has 6 nitrogen and oxygen atoms in total. The van der Waals surface area contributed by atoms with E-state index in [-0.39, 0.29) is 17.9 Å². The number of hydrogen-bond donors (Lipinski definition) is 0. The molecule has 1 amide bonds. The van der Waals surface area contributed by atoms with Gasteiger partial charge in [-0.3, -0.25) is 4.79 Å². The van der Waals surface area contributed by atoms with Crippen molar-refractivity contribution >= 4 is 5.91 Å². The number of likely N-dealkylation sites (tertiary alicyclic amines) is 1. The van der Waals surface area contributed by atoms with Gasteiger partial charge >= 0.3 is 0 Å². The molecule has 1 saturated heterocycles. The van der Waals surface area contributed by atoms with Gasteiger partial charge in [-0.25, -0.2) is 0 Å². The Balaban J connectivity index is 1.68. The highest BCUT2D eigenvalue weighted by molar-refractivity contribution is 5.79. The van der Waals surface area contributed by atoms with Gasteiger partial charge in [-0.05, 0) is 32.6 Å². The number of carbonyl (C=O) groups excluding carboxylic acids is 1. The van der Waals surface area contributed by atoms with Gasteiger partial charge in [0, 0.05) is 19.1 Å². The highest BCUT2D eigenvalue weighted by Gasteiger charge is 2.37. The average Bonchev–Trinajstić information content (AvgIpc) is 3.24. The molecular weight excluding hydrogens is 270 g/mol. The Bertz CT molecular complexity index is 482. The van der Waals surface area contributed by atoms with Crippen LogP contribution in [0.5, 0.6) is 0 Å². The summed E-state index contributed by atoms with van der Waals surface area (Å²) >= 11 is 0. The van der Waals surface area contributed by atoms with Crippen LogP contribution in [0.15, 0.2) is 4.52 Å². The fourth-order valence-electron chi connectivity index (χ4n) is 3.36. The van der Waals surface area contributed by atoms with Gasteiger partial charge in [0.25, 0.3) is 5.89 Å². The first-order valence-corrected chi connectivity index (χ1v) is 8.00. The second kappa shape index (κ2) is 6.56. The Morgan fingerprint density at radius 1 is 1.33 bits per heavy atom. The average molecular weight is 293 g/mol. The van der Waals surface area contributed by atoms with Crippen molar-refractivity contribution in [1.29, 1.82) is 0 Å². The summed E-state index contributed by atoms with van der Waals surface area (Å²) in [6.07, 6.45) is 6.35. The van der Waals surface area contributed by atoms with Crippen LogP contribution in [0.1, 0.15) is 63.2 Å². The summed E-state index contributed by atoms with van der Waals surface area (Å²) in [5.41, 5.74) is 0. The molecule has 6 heteroatoms. The maximum Gasteiger partial charge on any atom is 0.252 e. The quantitative estimate of drug-likeness (QED) is 0.834. The molecule has 3 rings (SSSR count). The van der Waals surface area contributed by atoms with Gasteiger partial charge in [-0.2, -0.15) is 4.98 Å². The van der Waals surface area contributed by atoms with Gasteiger partial charge in [0.15, 0.2) is 5.82 Å². The first-order chi connectivity index (χ1) is 10.3. The van der Waals surface area contributed by atoms with Crippen LogP contribution in [0.2, 0.25) is 0 Å². The van der Waals surface area contributed by atoms with E-state index in [2.05, 4.69) is 10.1 Å². The maximum atomic E-state index is 12.6. The smallest absolute Gasteiger partial charge is 0.252 e. The summed E-state index contributed by atoms with van der Waals surface area (Å²) in [6.45, 7) is 3.70. The molecule has 0 bridgehead atoms. The monoisotopic (exact) mass is 293 g/mol. The van der Waals surface area contributed by atoms with Crippen LogP contribution in [-0.2, 0) is 16.1 Å². The van der Waals surface area contributed by atoms with E-state index in [0.717, 1.165) is 32.2 Å². The molecule has 0 radical (unpaired) electrons. The lowest BCUT2D eigenvalue weighted by Gasteiger charge is -2.25. The molecule has 2 heterocycles. The van der Waals surface area contributed by atoms with Crippen molar-refractivity contribution in [2.75, 3.05) is 13.2 Å². The zero-order valence-electron chi connectivity index (χ0n) is 12.6. The van der Waals surface area contributed by atoms with E-state index in [1.165, 1.54) is 12.8 Å². The molecule has 0 aromatic carbocycles. The molecule has 0 N–H and O–H groups in total. The summed E-state index contributed by atoms with van der Waals surface area (Å²) < 4.78 is 10.5. The lowest BCUT2D eigenvalue weighted by Crippen LogP contribution is -2.35. The summed E-state index contributed by atoms with van der Waals surface area (Å²) in [5, 5.41) is 4.05. The minimum atomic E-state index is -0.0165. The molecule has 0 spiro atoms. The predicted octanol–water partition coefficient (Wildman–Crippen LogP) is 2.46. The second-order valence-corrected chi connectivity index (χ2v) is 5.85. The van der Waals surface area contributed by atoms with Crippen molar-refractivity contribution in [2.45, 2.75) is 58.1 Å². The van der Waals surface area contributed by atoms with Gasteiger partial charge in [0.1, 0.15) is 6.61 Å².